The summed E-state index contributed by atoms with van der Waals surface area (Å²) in [7, 11) is 0. The van der Waals surface area contributed by atoms with E-state index in [-0.39, 0.29) is 0 Å². The van der Waals surface area contributed by atoms with Crippen molar-refractivity contribution >= 4 is 40.8 Å². The van der Waals surface area contributed by atoms with E-state index in [0.29, 0.717) is 10.1 Å². The van der Waals surface area contributed by atoms with Crippen LogP contribution in [0.15, 0.2) is 29.4 Å². The summed E-state index contributed by atoms with van der Waals surface area (Å²) in [5, 5.41) is 13.8. The third-order valence-corrected chi connectivity index (χ3v) is 6.07. The topological polar surface area (TPSA) is 59.7 Å². The fourth-order valence-corrected chi connectivity index (χ4v) is 4.49. The number of aryl methyl sites for hydroxylation is 1. The molecule has 9 heteroatoms. The summed E-state index contributed by atoms with van der Waals surface area (Å²) >= 11 is 8.91. The average molecular weight is 393 g/mol. The summed E-state index contributed by atoms with van der Waals surface area (Å²) in [5.74, 6) is 1.53. The highest BCUT2D eigenvalue weighted by atomic mass is 35.5. The van der Waals surface area contributed by atoms with Crippen LogP contribution in [0.1, 0.15) is 24.1 Å². The van der Waals surface area contributed by atoms with Gasteiger partial charge in [0.1, 0.15) is 10.0 Å². The van der Waals surface area contributed by atoms with E-state index in [4.69, 9.17) is 11.6 Å². The zero-order valence-corrected chi connectivity index (χ0v) is 16.1. The molecule has 0 atom stereocenters. The van der Waals surface area contributed by atoms with Crippen LogP contribution in [0.25, 0.3) is 5.69 Å². The summed E-state index contributed by atoms with van der Waals surface area (Å²) in [6.45, 7) is 4.14. The van der Waals surface area contributed by atoms with Gasteiger partial charge >= 0.3 is 0 Å². The molecule has 0 spiro atoms. The lowest BCUT2D eigenvalue weighted by atomic mass is 10.2. The molecule has 0 radical (unpaired) electrons. The van der Waals surface area contributed by atoms with Crippen LogP contribution in [0, 0.1) is 6.92 Å². The summed E-state index contributed by atoms with van der Waals surface area (Å²) in [6, 6.07) is 8.44. The Bertz CT molecular complexity index is 854. The lowest BCUT2D eigenvalue weighted by Crippen LogP contribution is -2.22. The highest BCUT2D eigenvalue weighted by molar-refractivity contribution is 7.98. The largest absolute Gasteiger partial charge is 0.341 e. The highest BCUT2D eigenvalue weighted by Gasteiger charge is 2.22. The monoisotopic (exact) mass is 392 g/mol. The van der Waals surface area contributed by atoms with Gasteiger partial charge in [0.25, 0.3) is 0 Å². The Balaban J connectivity index is 1.68. The molecule has 0 amide bonds. The molecule has 1 aromatic carbocycles. The van der Waals surface area contributed by atoms with Gasteiger partial charge in [-0.1, -0.05) is 45.5 Å². The van der Waals surface area contributed by atoms with Crippen LogP contribution in [-0.4, -0.2) is 37.4 Å². The predicted molar refractivity (Wildman–Crippen MR) is 102 cm³/mol. The fraction of sp³-hybridized carbons (Fsp3) is 0.375. The number of aromatic nitrogens is 5. The molecule has 3 heterocycles. The second-order valence-corrected chi connectivity index (χ2v) is 8.23. The Morgan fingerprint density at radius 2 is 1.88 bits per heavy atom. The first-order chi connectivity index (χ1) is 12.2. The van der Waals surface area contributed by atoms with Crippen molar-refractivity contribution in [3.05, 3.63) is 39.9 Å². The van der Waals surface area contributed by atoms with Crippen molar-refractivity contribution in [2.24, 2.45) is 0 Å². The van der Waals surface area contributed by atoms with Crippen molar-refractivity contribution in [2.75, 3.05) is 18.0 Å². The number of hydrogen-bond donors (Lipinski definition) is 0. The number of thioether (sulfide) groups is 1. The second kappa shape index (κ2) is 7.31. The van der Waals surface area contributed by atoms with Gasteiger partial charge in [0.15, 0.2) is 5.16 Å². The molecule has 1 fully saturated rings. The first kappa shape index (κ1) is 16.8. The number of nitrogens with zero attached hydrogens (tertiary/aromatic N) is 6. The van der Waals surface area contributed by atoms with Crippen molar-refractivity contribution < 1.29 is 0 Å². The number of benzene rings is 1. The Morgan fingerprint density at radius 1 is 1.12 bits per heavy atom. The quantitative estimate of drug-likeness (QED) is 0.612. The molecular weight excluding hydrogens is 376 g/mol. The Kier molecular flexibility index (Phi) is 4.91. The standard InChI is InChI=1S/C16H17ClN6S2/c1-11-4-6-12(7-5-11)23-15(22-8-2-3-9-22)19-20-16(23)24-10-13-14(17)25-21-18-13/h4-7H,2-3,8-10H2,1H3. The smallest absolute Gasteiger partial charge is 0.232 e. The minimum Gasteiger partial charge on any atom is -0.341 e. The Labute approximate surface area is 159 Å². The summed E-state index contributed by atoms with van der Waals surface area (Å²) in [6.07, 6.45) is 2.40. The molecule has 3 aromatic rings. The van der Waals surface area contributed by atoms with Crippen molar-refractivity contribution in [1.82, 2.24) is 24.4 Å². The van der Waals surface area contributed by atoms with Gasteiger partial charge in [0.2, 0.25) is 5.95 Å². The van der Waals surface area contributed by atoms with Crippen LogP contribution in [0.4, 0.5) is 5.95 Å². The van der Waals surface area contributed by atoms with Crippen LogP contribution in [-0.2, 0) is 5.75 Å². The van der Waals surface area contributed by atoms with E-state index >= 15 is 0 Å². The van der Waals surface area contributed by atoms with Gasteiger partial charge in [-0.05, 0) is 31.9 Å². The van der Waals surface area contributed by atoms with Gasteiger partial charge in [-0.2, -0.15) is 0 Å². The SMILES string of the molecule is Cc1ccc(-n2c(SCc3nnsc3Cl)nnc2N2CCCC2)cc1. The minimum absolute atomic E-state index is 0.624. The molecule has 1 aliphatic heterocycles. The molecule has 130 valence electrons. The number of anilines is 1. The van der Waals surface area contributed by atoms with Gasteiger partial charge < -0.3 is 4.90 Å². The van der Waals surface area contributed by atoms with Gasteiger partial charge in [-0.3, -0.25) is 4.57 Å². The summed E-state index contributed by atoms with van der Waals surface area (Å²) in [5.41, 5.74) is 3.09. The molecule has 25 heavy (non-hydrogen) atoms. The molecule has 0 N–H and O–H groups in total. The van der Waals surface area contributed by atoms with E-state index in [1.54, 1.807) is 11.8 Å². The van der Waals surface area contributed by atoms with Crippen LogP contribution in [0.2, 0.25) is 4.34 Å². The van der Waals surface area contributed by atoms with Crippen LogP contribution in [0.5, 0.6) is 0 Å². The molecule has 0 unspecified atom stereocenters. The van der Waals surface area contributed by atoms with Gasteiger partial charge in [-0.25, -0.2) is 0 Å². The number of rotatable bonds is 5. The maximum absolute atomic E-state index is 6.12. The fourth-order valence-electron chi connectivity index (χ4n) is 2.81. The van der Waals surface area contributed by atoms with Crippen molar-refractivity contribution in [2.45, 2.75) is 30.7 Å². The summed E-state index contributed by atoms with van der Waals surface area (Å²) < 4.78 is 6.65. The van der Waals surface area contributed by atoms with Crippen molar-refractivity contribution in [3.63, 3.8) is 0 Å². The van der Waals surface area contributed by atoms with Crippen molar-refractivity contribution in [1.29, 1.82) is 0 Å². The van der Waals surface area contributed by atoms with Crippen LogP contribution >= 0.6 is 34.9 Å². The van der Waals surface area contributed by atoms with Gasteiger partial charge in [-0.15, -0.1) is 15.3 Å². The maximum atomic E-state index is 6.12. The summed E-state index contributed by atoms with van der Waals surface area (Å²) in [4.78, 5) is 2.30. The van der Waals surface area contributed by atoms with Crippen LogP contribution in [0.3, 0.4) is 0 Å². The maximum Gasteiger partial charge on any atom is 0.232 e. The molecule has 6 nitrogen and oxygen atoms in total. The average Bonchev–Trinajstić information content (AvgIpc) is 3.34. The van der Waals surface area contributed by atoms with Crippen LogP contribution < -0.4 is 4.90 Å². The van der Waals surface area contributed by atoms with E-state index in [0.717, 1.165) is 35.6 Å². The third kappa shape index (κ3) is 3.51. The normalized spacial score (nSPS) is 14.4. The van der Waals surface area contributed by atoms with E-state index in [9.17, 15) is 0 Å². The Hall–Kier alpha value is -1.64. The zero-order valence-electron chi connectivity index (χ0n) is 13.7. The lowest BCUT2D eigenvalue weighted by molar-refractivity contribution is 0.840. The number of halogens is 1. The second-order valence-electron chi connectivity index (χ2n) is 5.93. The van der Waals surface area contributed by atoms with Gasteiger partial charge in [0, 0.05) is 30.4 Å². The zero-order chi connectivity index (χ0) is 17.2. The first-order valence-electron chi connectivity index (χ1n) is 8.09. The molecular formula is C16H17ClN6S2. The molecule has 4 rings (SSSR count). The van der Waals surface area contributed by atoms with Crippen molar-refractivity contribution in [3.8, 4) is 5.69 Å². The lowest BCUT2D eigenvalue weighted by Gasteiger charge is -2.18. The van der Waals surface area contributed by atoms with E-state index in [1.165, 1.54) is 29.9 Å². The molecule has 0 bridgehead atoms. The van der Waals surface area contributed by atoms with Gasteiger partial charge in [0.05, 0.1) is 5.69 Å². The van der Waals surface area contributed by atoms with E-state index in [1.807, 2.05) is 0 Å². The number of hydrogen-bond acceptors (Lipinski definition) is 7. The first-order valence-corrected chi connectivity index (χ1v) is 10.2. The molecule has 1 saturated heterocycles. The third-order valence-electron chi connectivity index (χ3n) is 4.14. The highest BCUT2D eigenvalue weighted by Crippen LogP contribution is 2.31. The molecule has 0 aliphatic carbocycles. The molecule has 1 aliphatic rings. The minimum atomic E-state index is 0.624. The van der Waals surface area contributed by atoms with E-state index in [2.05, 4.69) is 60.4 Å². The molecule has 0 saturated carbocycles. The predicted octanol–water partition coefficient (Wildman–Crippen LogP) is 3.97. The van der Waals surface area contributed by atoms with E-state index < -0.39 is 0 Å². The molecule has 2 aromatic heterocycles. The Morgan fingerprint density at radius 3 is 2.56 bits per heavy atom.